The van der Waals surface area contributed by atoms with Crippen LogP contribution in [0.4, 0.5) is 0 Å². The molecule has 3 N–H and O–H groups in total. The summed E-state index contributed by atoms with van der Waals surface area (Å²) in [6.07, 6.45) is 1.19. The van der Waals surface area contributed by atoms with Gasteiger partial charge in [-0.2, -0.15) is 0 Å². The van der Waals surface area contributed by atoms with Gasteiger partial charge in [0.1, 0.15) is 5.82 Å². The van der Waals surface area contributed by atoms with Crippen molar-refractivity contribution in [3.63, 3.8) is 0 Å². The van der Waals surface area contributed by atoms with Crippen LogP contribution < -0.4 is 20.5 Å². The molecule has 0 spiro atoms. The molecule has 0 saturated heterocycles. The normalized spacial score (nSPS) is 12.8. The van der Waals surface area contributed by atoms with Gasteiger partial charge in [0, 0.05) is 44.6 Å². The summed E-state index contributed by atoms with van der Waals surface area (Å²) in [6.45, 7) is 3.82. The fourth-order valence-corrected chi connectivity index (χ4v) is 2.60. The molecule has 3 rings (SSSR count). The quantitative estimate of drug-likeness (QED) is 0.823. The Morgan fingerprint density at radius 2 is 2.18 bits per heavy atom. The number of ether oxygens (including phenoxy) is 2. The van der Waals surface area contributed by atoms with Gasteiger partial charge in [0.05, 0.1) is 11.0 Å². The van der Waals surface area contributed by atoms with Gasteiger partial charge < -0.3 is 25.1 Å². The first-order chi connectivity index (χ1) is 10.7. The highest BCUT2D eigenvalue weighted by molar-refractivity contribution is 5.81. The highest BCUT2D eigenvalue weighted by atomic mass is 16.7. The van der Waals surface area contributed by atoms with E-state index in [1.165, 1.54) is 0 Å². The molecule has 118 valence electrons. The van der Waals surface area contributed by atoms with Gasteiger partial charge in [-0.25, -0.2) is 4.98 Å². The van der Waals surface area contributed by atoms with Crippen LogP contribution in [0.5, 0.6) is 11.5 Å². The first-order valence-corrected chi connectivity index (χ1v) is 7.48. The van der Waals surface area contributed by atoms with Gasteiger partial charge in [-0.15, -0.1) is 0 Å². The van der Waals surface area contributed by atoms with Crippen LogP contribution in [0.15, 0.2) is 12.1 Å². The fourth-order valence-electron chi connectivity index (χ4n) is 2.60. The highest BCUT2D eigenvalue weighted by Gasteiger charge is 2.19. The first-order valence-electron chi connectivity index (χ1n) is 7.48. The first kappa shape index (κ1) is 14.6. The molecule has 1 aliphatic heterocycles. The maximum atomic E-state index is 11.8. The third kappa shape index (κ3) is 2.71. The molecule has 1 aromatic carbocycles. The molecule has 1 aliphatic rings. The lowest BCUT2D eigenvalue weighted by Crippen LogP contribution is -2.29. The summed E-state index contributed by atoms with van der Waals surface area (Å²) < 4.78 is 12.9. The number of aromatic nitrogens is 2. The van der Waals surface area contributed by atoms with Gasteiger partial charge in [-0.3, -0.25) is 4.79 Å². The van der Waals surface area contributed by atoms with Crippen LogP contribution in [-0.2, 0) is 17.8 Å². The van der Waals surface area contributed by atoms with E-state index >= 15 is 0 Å². The lowest BCUT2D eigenvalue weighted by atomic mass is 10.2. The predicted molar refractivity (Wildman–Crippen MR) is 81.9 cm³/mol. The molecule has 1 aromatic heterocycles. The Balaban J connectivity index is 1.85. The largest absolute Gasteiger partial charge is 0.454 e. The van der Waals surface area contributed by atoms with Gasteiger partial charge in [0.2, 0.25) is 12.7 Å². The summed E-state index contributed by atoms with van der Waals surface area (Å²) >= 11 is 0. The van der Waals surface area contributed by atoms with E-state index in [1.807, 2.05) is 19.1 Å². The molecular weight excluding hydrogens is 284 g/mol. The van der Waals surface area contributed by atoms with Crippen LogP contribution >= 0.6 is 0 Å². The summed E-state index contributed by atoms with van der Waals surface area (Å²) in [7, 11) is 0. The second-order valence-corrected chi connectivity index (χ2v) is 5.12. The topological polar surface area (TPSA) is 91.4 Å². The van der Waals surface area contributed by atoms with E-state index in [9.17, 15) is 4.79 Å². The van der Waals surface area contributed by atoms with Crippen molar-refractivity contribution in [3.8, 4) is 11.5 Å². The van der Waals surface area contributed by atoms with Crippen LogP contribution in [0, 0.1) is 0 Å². The van der Waals surface area contributed by atoms with E-state index < -0.39 is 0 Å². The van der Waals surface area contributed by atoms with Crippen molar-refractivity contribution in [3.05, 3.63) is 18.0 Å². The van der Waals surface area contributed by atoms with Crippen molar-refractivity contribution in [1.82, 2.24) is 14.9 Å². The van der Waals surface area contributed by atoms with Crippen molar-refractivity contribution < 1.29 is 14.3 Å². The van der Waals surface area contributed by atoms with Crippen LogP contribution in [0.3, 0.4) is 0 Å². The molecule has 0 aliphatic carbocycles. The van der Waals surface area contributed by atoms with Crippen molar-refractivity contribution in [2.24, 2.45) is 5.73 Å². The number of rotatable bonds is 6. The molecule has 7 heteroatoms. The maximum Gasteiger partial charge on any atom is 0.231 e. The van der Waals surface area contributed by atoms with E-state index in [0.29, 0.717) is 26.1 Å². The van der Waals surface area contributed by atoms with Crippen LogP contribution in [0.1, 0.15) is 19.2 Å². The van der Waals surface area contributed by atoms with Gasteiger partial charge >= 0.3 is 0 Å². The molecule has 2 heterocycles. The Morgan fingerprint density at radius 1 is 1.41 bits per heavy atom. The van der Waals surface area contributed by atoms with Gasteiger partial charge in [0.25, 0.3) is 0 Å². The fraction of sp³-hybridized carbons (Fsp3) is 0.467. The number of nitrogens with zero attached hydrogens (tertiary/aromatic N) is 2. The third-order valence-corrected chi connectivity index (χ3v) is 3.67. The lowest BCUT2D eigenvalue weighted by Gasteiger charge is -2.09. The lowest BCUT2D eigenvalue weighted by molar-refractivity contribution is -0.121. The molecule has 0 radical (unpaired) electrons. The molecule has 2 aromatic rings. The molecule has 1 amide bonds. The van der Waals surface area contributed by atoms with Crippen molar-refractivity contribution in [2.45, 2.75) is 26.3 Å². The minimum absolute atomic E-state index is 0.00454. The number of hydrogen-bond donors (Lipinski definition) is 2. The summed E-state index contributed by atoms with van der Waals surface area (Å²) in [5.74, 6) is 2.39. The summed E-state index contributed by atoms with van der Waals surface area (Å²) in [5.41, 5.74) is 7.21. The summed E-state index contributed by atoms with van der Waals surface area (Å²) in [6, 6.07) is 3.82. The number of imidazole rings is 1. The standard InChI is InChI=1S/C15H20N4O3/c1-2-14-18-10-7-12-13(22-9-21-12)8-11(10)19(14)6-3-15(20)17-5-4-16/h7-8H,2-6,9,16H2,1H3,(H,17,20). The van der Waals surface area contributed by atoms with Gasteiger partial charge in [0.15, 0.2) is 11.5 Å². The number of amides is 1. The minimum Gasteiger partial charge on any atom is -0.454 e. The van der Waals surface area contributed by atoms with E-state index in [4.69, 9.17) is 15.2 Å². The third-order valence-electron chi connectivity index (χ3n) is 3.67. The Labute approximate surface area is 128 Å². The van der Waals surface area contributed by atoms with E-state index in [2.05, 4.69) is 14.9 Å². The Bertz CT molecular complexity index is 696. The smallest absolute Gasteiger partial charge is 0.231 e. The SMILES string of the molecule is CCc1nc2cc3c(cc2n1CCC(=O)NCCN)OCO3. The molecule has 7 nitrogen and oxygen atoms in total. The Kier molecular flexibility index (Phi) is 4.15. The predicted octanol–water partition coefficient (Wildman–Crippen LogP) is 0.792. The average molecular weight is 304 g/mol. The molecule has 0 saturated carbocycles. The van der Waals surface area contributed by atoms with Crippen LogP contribution in [0.2, 0.25) is 0 Å². The number of aryl methyl sites for hydroxylation is 2. The van der Waals surface area contributed by atoms with Crippen LogP contribution in [-0.4, -0.2) is 35.3 Å². The number of carbonyl (C=O) groups excluding carboxylic acids is 1. The second-order valence-electron chi connectivity index (χ2n) is 5.12. The maximum absolute atomic E-state index is 11.8. The number of hydrogen-bond acceptors (Lipinski definition) is 5. The molecule has 0 fully saturated rings. The summed E-state index contributed by atoms with van der Waals surface area (Å²) in [4.78, 5) is 16.4. The number of nitrogens with one attached hydrogen (secondary N) is 1. The molecule has 0 bridgehead atoms. The zero-order chi connectivity index (χ0) is 15.5. The van der Waals surface area contributed by atoms with E-state index in [-0.39, 0.29) is 12.7 Å². The van der Waals surface area contributed by atoms with Gasteiger partial charge in [-0.1, -0.05) is 6.92 Å². The number of fused-ring (bicyclic) bond motifs is 2. The number of carbonyl (C=O) groups is 1. The van der Waals surface area contributed by atoms with E-state index in [1.54, 1.807) is 0 Å². The van der Waals surface area contributed by atoms with Crippen molar-refractivity contribution >= 4 is 16.9 Å². The highest BCUT2D eigenvalue weighted by Crippen LogP contribution is 2.36. The summed E-state index contributed by atoms with van der Waals surface area (Å²) in [5, 5.41) is 2.78. The Hall–Kier alpha value is -2.28. The zero-order valence-electron chi connectivity index (χ0n) is 12.6. The number of nitrogens with two attached hydrogens (primary N) is 1. The van der Waals surface area contributed by atoms with Crippen molar-refractivity contribution in [1.29, 1.82) is 0 Å². The molecule has 0 atom stereocenters. The number of benzene rings is 1. The monoisotopic (exact) mass is 304 g/mol. The molecule has 22 heavy (non-hydrogen) atoms. The van der Waals surface area contributed by atoms with Gasteiger partial charge in [-0.05, 0) is 0 Å². The van der Waals surface area contributed by atoms with Crippen molar-refractivity contribution in [2.75, 3.05) is 19.9 Å². The minimum atomic E-state index is -0.00454. The van der Waals surface area contributed by atoms with Crippen LogP contribution in [0.25, 0.3) is 11.0 Å². The Morgan fingerprint density at radius 3 is 2.91 bits per heavy atom. The van der Waals surface area contributed by atoms with E-state index in [0.717, 1.165) is 34.8 Å². The molecular formula is C15H20N4O3. The average Bonchev–Trinajstić information content (AvgIpc) is 3.11. The second kappa shape index (κ2) is 6.23. The molecule has 0 unspecified atom stereocenters. The zero-order valence-corrected chi connectivity index (χ0v) is 12.6.